The van der Waals surface area contributed by atoms with Crippen LogP contribution >= 0.6 is 0 Å². The molecule has 108 valence electrons. The predicted molar refractivity (Wildman–Crippen MR) is 77.8 cm³/mol. The summed E-state index contributed by atoms with van der Waals surface area (Å²) in [6, 6.07) is 0. The number of carbonyl (C=O) groups is 1. The molecule has 0 spiro atoms. The summed E-state index contributed by atoms with van der Waals surface area (Å²) in [5.74, 6) is 0.189. The lowest BCUT2D eigenvalue weighted by atomic mass is 10.2. The maximum Gasteiger partial charge on any atom is 0.220 e. The highest BCUT2D eigenvalue weighted by Gasteiger charge is 2.00. The summed E-state index contributed by atoms with van der Waals surface area (Å²) in [5.41, 5.74) is 0. The Kier molecular flexibility index (Phi) is 12.4. The Morgan fingerprint density at radius 2 is 1.72 bits per heavy atom. The van der Waals surface area contributed by atoms with Gasteiger partial charge in [-0.15, -0.1) is 0 Å². The molecule has 0 rings (SSSR count). The summed E-state index contributed by atoms with van der Waals surface area (Å²) in [7, 11) is 0. The SMILES string of the molecule is CCCCCC(=O)NCCNCCN(CC)CC. The van der Waals surface area contributed by atoms with Gasteiger partial charge in [-0.3, -0.25) is 4.79 Å². The van der Waals surface area contributed by atoms with Crippen molar-refractivity contribution in [1.82, 2.24) is 15.5 Å². The second-order valence-corrected chi connectivity index (χ2v) is 4.58. The van der Waals surface area contributed by atoms with Crippen LogP contribution in [0.4, 0.5) is 0 Å². The number of rotatable bonds is 12. The lowest BCUT2D eigenvalue weighted by Crippen LogP contribution is -2.36. The monoisotopic (exact) mass is 257 g/mol. The molecular weight excluding hydrogens is 226 g/mol. The number of nitrogens with one attached hydrogen (secondary N) is 2. The van der Waals surface area contributed by atoms with E-state index in [2.05, 4.69) is 36.3 Å². The van der Waals surface area contributed by atoms with Crippen LogP contribution in [0.3, 0.4) is 0 Å². The molecule has 0 aromatic carbocycles. The van der Waals surface area contributed by atoms with Crippen molar-refractivity contribution in [2.75, 3.05) is 39.3 Å². The first-order valence-corrected chi connectivity index (χ1v) is 7.44. The third kappa shape index (κ3) is 10.5. The van der Waals surface area contributed by atoms with Crippen LogP contribution < -0.4 is 10.6 Å². The van der Waals surface area contributed by atoms with Crippen molar-refractivity contribution in [3.8, 4) is 0 Å². The van der Waals surface area contributed by atoms with Crippen LogP contribution in [0.1, 0.15) is 46.5 Å². The van der Waals surface area contributed by atoms with Crippen LogP contribution in [-0.4, -0.2) is 50.1 Å². The van der Waals surface area contributed by atoms with Crippen LogP contribution in [0.5, 0.6) is 0 Å². The predicted octanol–water partition coefficient (Wildman–Crippen LogP) is 1.61. The van der Waals surface area contributed by atoms with E-state index in [0.717, 1.165) is 52.1 Å². The van der Waals surface area contributed by atoms with E-state index in [0.29, 0.717) is 6.42 Å². The van der Waals surface area contributed by atoms with Crippen molar-refractivity contribution < 1.29 is 4.79 Å². The molecule has 0 saturated carbocycles. The first kappa shape index (κ1) is 17.4. The highest BCUT2D eigenvalue weighted by atomic mass is 16.1. The van der Waals surface area contributed by atoms with Crippen LogP contribution in [0.25, 0.3) is 0 Å². The molecule has 0 aromatic rings. The summed E-state index contributed by atoms with van der Waals surface area (Å²) >= 11 is 0. The zero-order valence-corrected chi connectivity index (χ0v) is 12.4. The molecule has 0 atom stereocenters. The number of hydrogen-bond acceptors (Lipinski definition) is 3. The van der Waals surface area contributed by atoms with Gasteiger partial charge in [0.05, 0.1) is 0 Å². The van der Waals surface area contributed by atoms with Crippen LogP contribution in [0, 0.1) is 0 Å². The Morgan fingerprint density at radius 1 is 1.00 bits per heavy atom. The lowest BCUT2D eigenvalue weighted by molar-refractivity contribution is -0.121. The van der Waals surface area contributed by atoms with E-state index in [1.54, 1.807) is 0 Å². The lowest BCUT2D eigenvalue weighted by Gasteiger charge is -2.18. The van der Waals surface area contributed by atoms with Crippen LogP contribution in [-0.2, 0) is 4.79 Å². The fourth-order valence-corrected chi connectivity index (χ4v) is 1.82. The van der Waals surface area contributed by atoms with Gasteiger partial charge in [-0.1, -0.05) is 33.6 Å². The van der Waals surface area contributed by atoms with Crippen molar-refractivity contribution in [3.05, 3.63) is 0 Å². The summed E-state index contributed by atoms with van der Waals surface area (Å²) in [6.07, 6.45) is 4.00. The van der Waals surface area contributed by atoms with Gasteiger partial charge >= 0.3 is 0 Å². The number of unbranched alkanes of at least 4 members (excludes halogenated alkanes) is 2. The highest BCUT2D eigenvalue weighted by Crippen LogP contribution is 1.97. The molecule has 0 radical (unpaired) electrons. The standard InChI is InChI=1S/C14H31N3O/c1-4-7-8-9-14(18)16-11-10-15-12-13-17(5-2)6-3/h15H,4-13H2,1-3H3,(H,16,18). The Bertz CT molecular complexity index is 193. The van der Waals surface area contributed by atoms with E-state index < -0.39 is 0 Å². The topological polar surface area (TPSA) is 44.4 Å². The van der Waals surface area contributed by atoms with Crippen molar-refractivity contribution in [1.29, 1.82) is 0 Å². The zero-order valence-electron chi connectivity index (χ0n) is 12.4. The molecule has 0 bridgehead atoms. The number of nitrogens with zero attached hydrogens (tertiary/aromatic N) is 1. The van der Waals surface area contributed by atoms with E-state index in [-0.39, 0.29) is 5.91 Å². The molecule has 0 aromatic heterocycles. The molecule has 4 nitrogen and oxygen atoms in total. The third-order valence-electron chi connectivity index (χ3n) is 3.13. The van der Waals surface area contributed by atoms with E-state index in [4.69, 9.17) is 0 Å². The number of carbonyl (C=O) groups excluding carboxylic acids is 1. The second-order valence-electron chi connectivity index (χ2n) is 4.58. The number of amides is 1. The molecule has 0 heterocycles. The molecular formula is C14H31N3O. The largest absolute Gasteiger partial charge is 0.355 e. The van der Waals surface area contributed by atoms with Crippen LogP contribution in [0.15, 0.2) is 0 Å². The molecule has 0 aliphatic heterocycles. The molecule has 0 aliphatic carbocycles. The Morgan fingerprint density at radius 3 is 2.33 bits per heavy atom. The quantitative estimate of drug-likeness (QED) is 0.522. The zero-order chi connectivity index (χ0) is 13.6. The summed E-state index contributed by atoms with van der Waals surface area (Å²) in [4.78, 5) is 13.8. The van der Waals surface area contributed by atoms with Crippen molar-refractivity contribution >= 4 is 5.91 Å². The fraction of sp³-hybridized carbons (Fsp3) is 0.929. The van der Waals surface area contributed by atoms with Gasteiger partial charge in [-0.25, -0.2) is 0 Å². The minimum absolute atomic E-state index is 0.189. The maximum atomic E-state index is 11.4. The molecule has 4 heteroatoms. The minimum atomic E-state index is 0.189. The first-order chi connectivity index (χ1) is 8.74. The van der Waals surface area contributed by atoms with Crippen molar-refractivity contribution in [2.45, 2.75) is 46.5 Å². The smallest absolute Gasteiger partial charge is 0.220 e. The van der Waals surface area contributed by atoms with Gasteiger partial charge in [0.1, 0.15) is 0 Å². The molecule has 0 aliphatic rings. The average molecular weight is 257 g/mol. The first-order valence-electron chi connectivity index (χ1n) is 7.44. The van der Waals surface area contributed by atoms with Crippen molar-refractivity contribution in [2.24, 2.45) is 0 Å². The number of likely N-dealkylation sites (N-methyl/N-ethyl adjacent to an activating group) is 1. The average Bonchev–Trinajstić information content (AvgIpc) is 2.38. The highest BCUT2D eigenvalue weighted by molar-refractivity contribution is 5.75. The van der Waals surface area contributed by atoms with E-state index in [1.807, 2.05) is 0 Å². The van der Waals surface area contributed by atoms with Gasteiger partial charge in [0.15, 0.2) is 0 Å². The molecule has 18 heavy (non-hydrogen) atoms. The van der Waals surface area contributed by atoms with Crippen LogP contribution in [0.2, 0.25) is 0 Å². The van der Waals surface area contributed by atoms with Gasteiger partial charge in [0, 0.05) is 32.6 Å². The van der Waals surface area contributed by atoms with E-state index in [1.165, 1.54) is 6.42 Å². The van der Waals surface area contributed by atoms with Gasteiger partial charge < -0.3 is 15.5 Å². The van der Waals surface area contributed by atoms with Gasteiger partial charge in [-0.05, 0) is 19.5 Å². The van der Waals surface area contributed by atoms with Gasteiger partial charge in [-0.2, -0.15) is 0 Å². The molecule has 1 amide bonds. The van der Waals surface area contributed by atoms with Gasteiger partial charge in [0.25, 0.3) is 0 Å². The summed E-state index contributed by atoms with van der Waals surface area (Å²) in [5, 5.41) is 6.29. The minimum Gasteiger partial charge on any atom is -0.355 e. The molecule has 0 saturated heterocycles. The molecule has 0 fully saturated rings. The molecule has 0 unspecified atom stereocenters. The Hall–Kier alpha value is -0.610. The summed E-state index contributed by atoms with van der Waals surface area (Å²) in [6.45, 7) is 12.4. The molecule has 2 N–H and O–H groups in total. The second kappa shape index (κ2) is 12.8. The Labute approximate surface area is 113 Å². The Balaban J connectivity index is 3.26. The van der Waals surface area contributed by atoms with Crippen molar-refractivity contribution in [3.63, 3.8) is 0 Å². The fourth-order valence-electron chi connectivity index (χ4n) is 1.82. The maximum absolute atomic E-state index is 11.4. The third-order valence-corrected chi connectivity index (χ3v) is 3.13. The van der Waals surface area contributed by atoms with Gasteiger partial charge in [0.2, 0.25) is 5.91 Å². The van der Waals surface area contributed by atoms with E-state index >= 15 is 0 Å². The number of hydrogen-bond donors (Lipinski definition) is 2. The summed E-state index contributed by atoms with van der Waals surface area (Å²) < 4.78 is 0. The van der Waals surface area contributed by atoms with E-state index in [9.17, 15) is 4.79 Å². The normalized spacial score (nSPS) is 10.9.